The van der Waals surface area contributed by atoms with Gasteiger partial charge in [0.15, 0.2) is 0 Å². The molecule has 0 atom stereocenters. The van der Waals surface area contributed by atoms with Gasteiger partial charge < -0.3 is 9.88 Å². The van der Waals surface area contributed by atoms with Gasteiger partial charge in [0.25, 0.3) is 0 Å². The molecule has 0 saturated heterocycles. The van der Waals surface area contributed by atoms with Gasteiger partial charge in [0.2, 0.25) is 0 Å². The first-order valence-corrected chi connectivity index (χ1v) is 7.53. The number of hydrogen-bond donors (Lipinski definition) is 1. The van der Waals surface area contributed by atoms with Crippen molar-refractivity contribution in [3.8, 4) is 0 Å². The normalized spacial score (nSPS) is 15.4. The lowest BCUT2D eigenvalue weighted by Gasteiger charge is -2.00. The number of thiophene rings is 1. The third-order valence-corrected chi connectivity index (χ3v) is 4.56. The van der Waals surface area contributed by atoms with Gasteiger partial charge in [0, 0.05) is 29.9 Å². The van der Waals surface area contributed by atoms with Crippen LogP contribution in [0.2, 0.25) is 0 Å². The summed E-state index contributed by atoms with van der Waals surface area (Å²) >= 11 is 5.30. The molecule has 2 aromatic rings. The van der Waals surface area contributed by atoms with Crippen molar-refractivity contribution in [2.24, 2.45) is 0 Å². The van der Waals surface area contributed by atoms with Crippen molar-refractivity contribution < 1.29 is 0 Å². The van der Waals surface area contributed by atoms with Gasteiger partial charge in [0.1, 0.15) is 0 Å². The number of nitrogens with zero attached hydrogens (tertiary/aromatic N) is 1. The maximum absolute atomic E-state index is 3.54. The van der Waals surface area contributed by atoms with Gasteiger partial charge in [-0.2, -0.15) is 0 Å². The maximum atomic E-state index is 3.54. The van der Waals surface area contributed by atoms with Crippen LogP contribution in [0.5, 0.6) is 0 Å². The summed E-state index contributed by atoms with van der Waals surface area (Å²) in [5, 5.41) is 3.54. The highest BCUT2D eigenvalue weighted by Crippen LogP contribution is 2.23. The molecule has 3 rings (SSSR count). The summed E-state index contributed by atoms with van der Waals surface area (Å²) in [4.78, 5) is 1.38. The van der Waals surface area contributed by atoms with Gasteiger partial charge in [-0.3, -0.25) is 0 Å². The molecule has 2 heterocycles. The Morgan fingerprint density at radius 2 is 2.24 bits per heavy atom. The van der Waals surface area contributed by atoms with E-state index in [1.165, 1.54) is 27.1 Å². The summed E-state index contributed by atoms with van der Waals surface area (Å²) in [6.07, 6.45) is 7.11. The lowest BCUT2D eigenvalue weighted by Crippen LogP contribution is -2.14. The molecule has 0 aliphatic heterocycles. The Morgan fingerprint density at radius 1 is 1.35 bits per heavy atom. The van der Waals surface area contributed by atoms with Crippen LogP contribution in [-0.4, -0.2) is 10.6 Å². The zero-order chi connectivity index (χ0) is 11.7. The Kier molecular flexibility index (Phi) is 3.36. The van der Waals surface area contributed by atoms with Crippen LogP contribution in [0, 0.1) is 0 Å². The van der Waals surface area contributed by atoms with Crippen molar-refractivity contribution >= 4 is 27.3 Å². The van der Waals surface area contributed by atoms with Gasteiger partial charge >= 0.3 is 0 Å². The quantitative estimate of drug-likeness (QED) is 0.892. The molecule has 1 aliphatic rings. The van der Waals surface area contributed by atoms with Crippen LogP contribution in [0.3, 0.4) is 0 Å². The number of nitrogens with one attached hydrogen (secondary N) is 1. The Hall–Kier alpha value is -0.580. The number of hydrogen-bond acceptors (Lipinski definition) is 2. The molecule has 0 amide bonds. The Balaban J connectivity index is 1.59. The first kappa shape index (κ1) is 11.5. The average Bonchev–Trinajstić information content (AvgIpc) is 2.90. The van der Waals surface area contributed by atoms with Gasteiger partial charge in [-0.05, 0) is 52.5 Å². The summed E-state index contributed by atoms with van der Waals surface area (Å²) < 4.78 is 3.46. The van der Waals surface area contributed by atoms with E-state index in [2.05, 4.69) is 56.4 Å². The van der Waals surface area contributed by atoms with E-state index in [1.807, 2.05) is 0 Å². The van der Waals surface area contributed by atoms with Gasteiger partial charge in [-0.1, -0.05) is 0 Å². The van der Waals surface area contributed by atoms with Crippen LogP contribution >= 0.6 is 27.3 Å². The average molecular weight is 311 g/mol. The molecular weight excluding hydrogens is 296 g/mol. The van der Waals surface area contributed by atoms with Crippen molar-refractivity contribution in [1.82, 2.24) is 9.88 Å². The van der Waals surface area contributed by atoms with Gasteiger partial charge in [-0.15, -0.1) is 11.3 Å². The SMILES string of the molecule is Brc1ccc(Cn2ccc(CNC3CC3)c2)s1. The Bertz CT molecular complexity index is 499. The third-order valence-electron chi connectivity index (χ3n) is 2.95. The standard InChI is InChI=1S/C13H15BrN2S/c14-13-4-3-12(17-13)9-16-6-5-10(8-16)7-15-11-1-2-11/h3-6,8,11,15H,1-2,7,9H2. The van der Waals surface area contributed by atoms with Crippen LogP contribution in [0.15, 0.2) is 34.4 Å². The van der Waals surface area contributed by atoms with E-state index < -0.39 is 0 Å². The molecule has 1 fully saturated rings. The summed E-state index contributed by atoms with van der Waals surface area (Å²) in [7, 11) is 0. The Morgan fingerprint density at radius 3 is 2.94 bits per heavy atom. The second-order valence-electron chi connectivity index (χ2n) is 4.55. The highest BCUT2D eigenvalue weighted by Gasteiger charge is 2.19. The predicted molar refractivity (Wildman–Crippen MR) is 75.4 cm³/mol. The number of halogens is 1. The van der Waals surface area contributed by atoms with Crippen molar-refractivity contribution in [3.05, 3.63) is 44.8 Å². The van der Waals surface area contributed by atoms with E-state index in [4.69, 9.17) is 0 Å². The summed E-state index contributed by atoms with van der Waals surface area (Å²) in [5.41, 5.74) is 1.38. The molecule has 0 spiro atoms. The predicted octanol–water partition coefficient (Wildman–Crippen LogP) is 3.61. The van der Waals surface area contributed by atoms with Crippen molar-refractivity contribution in [2.45, 2.75) is 32.0 Å². The largest absolute Gasteiger partial charge is 0.349 e. The minimum Gasteiger partial charge on any atom is -0.349 e. The molecule has 2 aromatic heterocycles. The second-order valence-corrected chi connectivity index (χ2v) is 7.10. The van der Waals surface area contributed by atoms with E-state index in [0.29, 0.717) is 0 Å². The number of aromatic nitrogens is 1. The lowest BCUT2D eigenvalue weighted by molar-refractivity contribution is 0.685. The zero-order valence-corrected chi connectivity index (χ0v) is 11.9. The molecule has 0 aromatic carbocycles. The summed E-state index contributed by atoms with van der Waals surface area (Å²) in [6.45, 7) is 1.98. The molecule has 2 nitrogen and oxygen atoms in total. The maximum Gasteiger partial charge on any atom is 0.0702 e. The van der Waals surface area contributed by atoms with Gasteiger partial charge in [0.05, 0.1) is 10.3 Å². The molecule has 1 aliphatic carbocycles. The molecule has 17 heavy (non-hydrogen) atoms. The van der Waals surface area contributed by atoms with E-state index in [9.17, 15) is 0 Å². The van der Waals surface area contributed by atoms with Gasteiger partial charge in [-0.25, -0.2) is 0 Å². The molecule has 4 heteroatoms. The summed E-state index contributed by atoms with van der Waals surface area (Å²) in [5.74, 6) is 0. The molecule has 90 valence electrons. The van der Waals surface area contributed by atoms with E-state index in [-0.39, 0.29) is 0 Å². The highest BCUT2D eigenvalue weighted by molar-refractivity contribution is 9.11. The van der Waals surface area contributed by atoms with Crippen LogP contribution in [0.25, 0.3) is 0 Å². The van der Waals surface area contributed by atoms with Crippen LogP contribution < -0.4 is 5.32 Å². The zero-order valence-electron chi connectivity index (χ0n) is 9.53. The fraction of sp³-hybridized carbons (Fsp3) is 0.385. The number of rotatable bonds is 5. The Labute approximate surface area is 114 Å². The van der Waals surface area contributed by atoms with E-state index in [0.717, 1.165) is 19.1 Å². The molecule has 0 radical (unpaired) electrons. The monoisotopic (exact) mass is 310 g/mol. The molecule has 0 unspecified atom stereocenters. The van der Waals surface area contributed by atoms with Crippen molar-refractivity contribution in [1.29, 1.82) is 0 Å². The third kappa shape index (κ3) is 3.21. The summed E-state index contributed by atoms with van der Waals surface area (Å²) in [6, 6.07) is 7.28. The van der Waals surface area contributed by atoms with Crippen LogP contribution in [0.4, 0.5) is 0 Å². The molecule has 0 bridgehead atoms. The highest BCUT2D eigenvalue weighted by atomic mass is 79.9. The van der Waals surface area contributed by atoms with Crippen LogP contribution in [0.1, 0.15) is 23.3 Å². The second kappa shape index (κ2) is 4.96. The van der Waals surface area contributed by atoms with Crippen molar-refractivity contribution in [3.63, 3.8) is 0 Å². The van der Waals surface area contributed by atoms with Crippen LogP contribution in [-0.2, 0) is 13.1 Å². The fourth-order valence-electron chi connectivity index (χ4n) is 1.86. The topological polar surface area (TPSA) is 17.0 Å². The van der Waals surface area contributed by atoms with E-state index >= 15 is 0 Å². The van der Waals surface area contributed by atoms with Crippen molar-refractivity contribution in [2.75, 3.05) is 0 Å². The lowest BCUT2D eigenvalue weighted by atomic mass is 10.3. The molecular formula is C13H15BrN2S. The molecule has 1 N–H and O–H groups in total. The minimum absolute atomic E-state index is 0.784. The van der Waals surface area contributed by atoms with E-state index in [1.54, 1.807) is 11.3 Å². The molecule has 1 saturated carbocycles. The smallest absolute Gasteiger partial charge is 0.0702 e. The minimum atomic E-state index is 0.784. The fourth-order valence-corrected chi connectivity index (χ4v) is 3.35. The first-order chi connectivity index (χ1) is 8.29. The first-order valence-electron chi connectivity index (χ1n) is 5.92.